The van der Waals surface area contributed by atoms with Gasteiger partial charge in [0.2, 0.25) is 0 Å². The molecule has 0 aromatic rings. The molecule has 1 aliphatic heterocycles. The van der Waals surface area contributed by atoms with E-state index in [2.05, 4.69) is 10.2 Å². The lowest BCUT2D eigenvalue weighted by atomic mass is 10.2. The number of urea groups is 1. The molecule has 0 bridgehead atoms. The minimum absolute atomic E-state index is 0.0405. The van der Waals surface area contributed by atoms with Crippen molar-refractivity contribution in [2.75, 3.05) is 39.8 Å². The molecule has 2 N–H and O–H groups in total. The molecule has 7 nitrogen and oxygen atoms in total. The van der Waals surface area contributed by atoms with Gasteiger partial charge in [-0.25, -0.2) is 4.79 Å². The number of nitrogens with one attached hydrogen (secondary N) is 1. The quantitative estimate of drug-likeness (QED) is 0.730. The summed E-state index contributed by atoms with van der Waals surface area (Å²) in [6.07, 6.45) is 0.671. The van der Waals surface area contributed by atoms with Crippen LogP contribution in [0.4, 0.5) is 4.79 Å². The van der Waals surface area contributed by atoms with E-state index in [-0.39, 0.29) is 24.7 Å². The minimum Gasteiger partial charge on any atom is -0.480 e. The third kappa shape index (κ3) is 5.34. The minimum atomic E-state index is -1.01. The molecule has 1 rings (SSSR count). The number of likely N-dealkylation sites (N-methyl/N-ethyl adjacent to an activating group) is 1. The Hall–Kier alpha value is -1.34. The maximum Gasteiger partial charge on any atom is 0.323 e. The summed E-state index contributed by atoms with van der Waals surface area (Å²) in [6, 6.07) is -0.459. The first-order valence-electron chi connectivity index (χ1n) is 7.00. The van der Waals surface area contributed by atoms with Gasteiger partial charge in [0.1, 0.15) is 6.54 Å². The van der Waals surface area contributed by atoms with Crippen LogP contribution in [0.3, 0.4) is 0 Å². The maximum absolute atomic E-state index is 12.1. The third-order valence-electron chi connectivity index (χ3n) is 3.51. The Morgan fingerprint density at radius 2 is 2.25 bits per heavy atom. The number of carbonyl (C=O) groups excluding carboxylic acids is 1. The first-order chi connectivity index (χ1) is 9.43. The summed E-state index contributed by atoms with van der Waals surface area (Å²) in [7, 11) is 2.01. The second kappa shape index (κ2) is 8.06. The Kier molecular flexibility index (Phi) is 6.74. The zero-order valence-corrected chi connectivity index (χ0v) is 12.5. The predicted octanol–water partition coefficient (Wildman–Crippen LogP) is 0.212. The van der Waals surface area contributed by atoms with Gasteiger partial charge in [-0.2, -0.15) is 0 Å². The smallest absolute Gasteiger partial charge is 0.323 e. The summed E-state index contributed by atoms with van der Waals surface area (Å²) in [5.74, 6) is -1.01. The van der Waals surface area contributed by atoms with Crippen molar-refractivity contribution in [3.63, 3.8) is 0 Å². The van der Waals surface area contributed by atoms with Crippen LogP contribution in [0, 0.1) is 0 Å². The van der Waals surface area contributed by atoms with Crippen molar-refractivity contribution in [3.8, 4) is 0 Å². The highest BCUT2D eigenvalue weighted by Crippen LogP contribution is 2.05. The number of ether oxygens (including phenoxy) is 1. The van der Waals surface area contributed by atoms with Crippen molar-refractivity contribution in [1.82, 2.24) is 15.1 Å². The van der Waals surface area contributed by atoms with E-state index < -0.39 is 5.97 Å². The lowest BCUT2D eigenvalue weighted by molar-refractivity contribution is -0.138. The summed E-state index contributed by atoms with van der Waals surface area (Å²) in [4.78, 5) is 26.4. The van der Waals surface area contributed by atoms with Crippen LogP contribution in [-0.4, -0.2) is 78.9 Å². The molecule has 20 heavy (non-hydrogen) atoms. The van der Waals surface area contributed by atoms with Gasteiger partial charge >= 0.3 is 12.0 Å². The number of amides is 2. The fourth-order valence-electron chi connectivity index (χ4n) is 2.09. The van der Waals surface area contributed by atoms with Crippen LogP contribution >= 0.6 is 0 Å². The average molecular weight is 287 g/mol. The topological polar surface area (TPSA) is 82.1 Å². The first kappa shape index (κ1) is 16.7. The van der Waals surface area contributed by atoms with Crippen molar-refractivity contribution in [2.24, 2.45) is 0 Å². The molecule has 0 spiro atoms. The number of nitrogens with zero attached hydrogens (tertiary/aromatic N) is 2. The largest absolute Gasteiger partial charge is 0.480 e. The average Bonchev–Trinajstić information content (AvgIpc) is 2.41. The van der Waals surface area contributed by atoms with Gasteiger partial charge in [0.15, 0.2) is 0 Å². The van der Waals surface area contributed by atoms with Crippen molar-refractivity contribution < 1.29 is 19.4 Å². The molecule has 1 aliphatic rings. The summed E-state index contributed by atoms with van der Waals surface area (Å²) in [6.45, 7) is 6.19. The maximum atomic E-state index is 12.1. The number of hydrogen-bond acceptors (Lipinski definition) is 4. The molecule has 0 radical (unpaired) electrons. The molecular formula is C13H25N3O4. The van der Waals surface area contributed by atoms with E-state index in [4.69, 9.17) is 9.84 Å². The van der Waals surface area contributed by atoms with Gasteiger partial charge in [-0.1, -0.05) is 6.92 Å². The van der Waals surface area contributed by atoms with Gasteiger partial charge in [0.25, 0.3) is 0 Å². The molecule has 2 amide bonds. The van der Waals surface area contributed by atoms with Crippen LogP contribution in [0.15, 0.2) is 0 Å². The van der Waals surface area contributed by atoms with Crippen molar-refractivity contribution in [3.05, 3.63) is 0 Å². The number of hydrogen-bond donors (Lipinski definition) is 2. The zero-order chi connectivity index (χ0) is 15.1. The fourth-order valence-corrected chi connectivity index (χ4v) is 2.09. The van der Waals surface area contributed by atoms with Gasteiger partial charge in [-0.15, -0.1) is 0 Å². The second-order valence-corrected chi connectivity index (χ2v) is 5.22. The number of aliphatic carboxylic acids is 1. The molecule has 2 atom stereocenters. The monoisotopic (exact) mass is 287 g/mol. The van der Waals surface area contributed by atoms with Crippen molar-refractivity contribution >= 4 is 12.0 Å². The van der Waals surface area contributed by atoms with Gasteiger partial charge < -0.3 is 25.0 Å². The molecule has 116 valence electrons. The van der Waals surface area contributed by atoms with Gasteiger partial charge in [0.05, 0.1) is 12.7 Å². The standard InChI is InChI=1S/C13H25N3O4/c1-4-10(2)16(9-12(17)18)13(19)14-7-11-8-15(3)5-6-20-11/h10-11H,4-9H2,1-3H3,(H,14,19)(H,17,18). The third-order valence-corrected chi connectivity index (χ3v) is 3.51. The Balaban J connectivity index is 2.46. The Morgan fingerprint density at radius 3 is 2.80 bits per heavy atom. The lowest BCUT2D eigenvalue weighted by Gasteiger charge is -2.32. The molecule has 0 aromatic heterocycles. The lowest BCUT2D eigenvalue weighted by Crippen LogP contribution is -2.51. The number of carboxylic acid groups (broad SMARTS) is 1. The second-order valence-electron chi connectivity index (χ2n) is 5.22. The first-order valence-corrected chi connectivity index (χ1v) is 7.00. The van der Waals surface area contributed by atoms with Crippen LogP contribution < -0.4 is 5.32 Å². The van der Waals surface area contributed by atoms with Gasteiger partial charge in [-0.3, -0.25) is 4.79 Å². The predicted molar refractivity (Wildman–Crippen MR) is 74.7 cm³/mol. The number of morpholine rings is 1. The van der Waals surface area contributed by atoms with Crippen molar-refractivity contribution in [2.45, 2.75) is 32.4 Å². The molecular weight excluding hydrogens is 262 g/mol. The van der Waals surface area contributed by atoms with E-state index >= 15 is 0 Å². The molecule has 1 saturated heterocycles. The van der Waals surface area contributed by atoms with Gasteiger partial charge in [0, 0.05) is 25.7 Å². The van der Waals surface area contributed by atoms with Crippen LogP contribution in [0.5, 0.6) is 0 Å². The van der Waals surface area contributed by atoms with Gasteiger partial charge in [-0.05, 0) is 20.4 Å². The van der Waals surface area contributed by atoms with E-state index in [1.807, 2.05) is 20.9 Å². The molecule has 1 heterocycles. The molecule has 7 heteroatoms. The molecule has 2 unspecified atom stereocenters. The molecule has 0 aromatic carbocycles. The molecule has 0 saturated carbocycles. The fraction of sp³-hybridized carbons (Fsp3) is 0.846. The van der Waals surface area contributed by atoms with E-state index in [1.54, 1.807) is 0 Å². The molecule has 1 fully saturated rings. The Morgan fingerprint density at radius 1 is 1.55 bits per heavy atom. The van der Waals surface area contributed by atoms with E-state index in [0.29, 0.717) is 19.6 Å². The van der Waals surface area contributed by atoms with Crippen molar-refractivity contribution in [1.29, 1.82) is 0 Å². The Labute approximate surface area is 119 Å². The molecule has 0 aliphatic carbocycles. The number of carbonyl (C=O) groups is 2. The van der Waals surface area contributed by atoms with Crippen LogP contribution in [0.25, 0.3) is 0 Å². The normalized spacial score (nSPS) is 21.2. The summed E-state index contributed by atoms with van der Waals surface area (Å²) in [5.41, 5.74) is 0. The van der Waals surface area contributed by atoms with Crippen LogP contribution in [0.2, 0.25) is 0 Å². The highest BCUT2D eigenvalue weighted by molar-refractivity contribution is 5.80. The Bertz CT molecular complexity index is 338. The summed E-state index contributed by atoms with van der Waals surface area (Å²) >= 11 is 0. The highest BCUT2D eigenvalue weighted by Gasteiger charge is 2.23. The van der Waals surface area contributed by atoms with E-state index in [0.717, 1.165) is 13.1 Å². The van der Waals surface area contributed by atoms with E-state index in [1.165, 1.54) is 4.90 Å². The SMILES string of the molecule is CCC(C)N(CC(=O)O)C(=O)NCC1CN(C)CCO1. The number of rotatable bonds is 6. The summed E-state index contributed by atoms with van der Waals surface area (Å²) < 4.78 is 5.56. The van der Waals surface area contributed by atoms with Crippen LogP contribution in [-0.2, 0) is 9.53 Å². The summed E-state index contributed by atoms with van der Waals surface area (Å²) in [5, 5.41) is 11.6. The van der Waals surface area contributed by atoms with Crippen LogP contribution in [0.1, 0.15) is 20.3 Å². The number of carboxylic acids is 1. The highest BCUT2D eigenvalue weighted by atomic mass is 16.5. The van der Waals surface area contributed by atoms with E-state index in [9.17, 15) is 9.59 Å². The zero-order valence-electron chi connectivity index (χ0n) is 12.5.